The Hall–Kier alpha value is -1.28. The first kappa shape index (κ1) is 15.1. The van der Waals surface area contributed by atoms with Crippen LogP contribution in [0.2, 0.25) is 0 Å². The maximum atomic E-state index is 10.2. The standard InChI is InChI=1S/C14H18O6/c15-8-10-11(16)12(17)13(18)14(19,20-10)7-6-9-4-2-1-3-5-9/h1-7,10-13,15-19H,8H2/t10-,11-,12+,13-,14-/m1/s1. The average Bonchev–Trinajstić information content (AvgIpc) is 2.48. The van der Waals surface area contributed by atoms with Gasteiger partial charge in [-0.05, 0) is 11.6 Å². The first-order valence-electron chi connectivity index (χ1n) is 6.27. The van der Waals surface area contributed by atoms with Crippen molar-refractivity contribution in [3.8, 4) is 0 Å². The molecule has 0 amide bonds. The lowest BCUT2D eigenvalue weighted by atomic mass is 9.92. The van der Waals surface area contributed by atoms with Gasteiger partial charge in [-0.25, -0.2) is 0 Å². The molecule has 1 aliphatic heterocycles. The van der Waals surface area contributed by atoms with Gasteiger partial charge in [0.15, 0.2) is 0 Å². The maximum absolute atomic E-state index is 10.2. The summed E-state index contributed by atoms with van der Waals surface area (Å²) in [7, 11) is 0. The third-order valence-corrected chi connectivity index (χ3v) is 3.31. The van der Waals surface area contributed by atoms with Crippen LogP contribution >= 0.6 is 0 Å². The molecule has 1 heterocycles. The zero-order valence-corrected chi connectivity index (χ0v) is 10.7. The predicted octanol–water partition coefficient (Wildman–Crippen LogP) is -1.14. The summed E-state index contributed by atoms with van der Waals surface area (Å²) in [5.41, 5.74) is 0.762. The summed E-state index contributed by atoms with van der Waals surface area (Å²) in [6, 6.07) is 9.00. The zero-order chi connectivity index (χ0) is 14.8. The minimum atomic E-state index is -2.18. The molecule has 0 spiro atoms. The lowest BCUT2D eigenvalue weighted by Gasteiger charge is -2.43. The first-order chi connectivity index (χ1) is 9.48. The Balaban J connectivity index is 2.21. The summed E-state index contributed by atoms with van der Waals surface area (Å²) >= 11 is 0. The first-order valence-corrected chi connectivity index (χ1v) is 6.27. The van der Waals surface area contributed by atoms with Gasteiger partial charge in [0.1, 0.15) is 24.4 Å². The van der Waals surface area contributed by atoms with E-state index in [4.69, 9.17) is 9.84 Å². The number of benzene rings is 1. The number of ether oxygens (including phenoxy) is 1. The molecule has 1 aromatic rings. The molecule has 20 heavy (non-hydrogen) atoms. The molecule has 1 aliphatic rings. The van der Waals surface area contributed by atoms with Crippen molar-refractivity contribution in [2.45, 2.75) is 30.2 Å². The van der Waals surface area contributed by atoms with Crippen LogP contribution in [0, 0.1) is 0 Å². The number of aliphatic hydroxyl groups is 5. The normalized spacial score (nSPS) is 38.2. The fraction of sp³-hybridized carbons (Fsp3) is 0.429. The fourth-order valence-electron chi connectivity index (χ4n) is 2.10. The molecule has 5 N–H and O–H groups in total. The molecular formula is C14H18O6. The maximum Gasteiger partial charge on any atom is 0.215 e. The van der Waals surface area contributed by atoms with E-state index in [0.717, 1.165) is 5.56 Å². The van der Waals surface area contributed by atoms with E-state index >= 15 is 0 Å². The van der Waals surface area contributed by atoms with Gasteiger partial charge < -0.3 is 30.3 Å². The van der Waals surface area contributed by atoms with Gasteiger partial charge in [0.05, 0.1) is 6.61 Å². The quantitative estimate of drug-likeness (QED) is 0.479. The van der Waals surface area contributed by atoms with Crippen molar-refractivity contribution < 1.29 is 30.3 Å². The van der Waals surface area contributed by atoms with Crippen molar-refractivity contribution in [1.82, 2.24) is 0 Å². The highest BCUT2D eigenvalue weighted by Crippen LogP contribution is 2.29. The van der Waals surface area contributed by atoms with Gasteiger partial charge in [-0.15, -0.1) is 0 Å². The van der Waals surface area contributed by atoms with E-state index in [1.54, 1.807) is 24.3 Å². The van der Waals surface area contributed by atoms with Crippen molar-refractivity contribution in [1.29, 1.82) is 0 Å². The molecule has 2 rings (SSSR count). The third-order valence-electron chi connectivity index (χ3n) is 3.31. The van der Waals surface area contributed by atoms with Crippen LogP contribution < -0.4 is 0 Å². The van der Waals surface area contributed by atoms with E-state index in [0.29, 0.717) is 0 Å². The molecule has 0 aliphatic carbocycles. The summed E-state index contributed by atoms with van der Waals surface area (Å²) in [4.78, 5) is 0. The van der Waals surface area contributed by atoms with Crippen LogP contribution in [0.4, 0.5) is 0 Å². The van der Waals surface area contributed by atoms with Gasteiger partial charge in [0.25, 0.3) is 0 Å². The van der Waals surface area contributed by atoms with Crippen molar-refractivity contribution in [3.05, 3.63) is 42.0 Å². The van der Waals surface area contributed by atoms with E-state index < -0.39 is 36.8 Å². The van der Waals surface area contributed by atoms with E-state index in [1.165, 1.54) is 12.2 Å². The third kappa shape index (κ3) is 2.90. The van der Waals surface area contributed by atoms with E-state index in [1.807, 2.05) is 6.07 Å². The highest BCUT2D eigenvalue weighted by Gasteiger charge is 2.51. The van der Waals surface area contributed by atoms with Gasteiger partial charge in [0.2, 0.25) is 5.79 Å². The number of rotatable bonds is 3. The molecule has 6 nitrogen and oxygen atoms in total. The second kappa shape index (κ2) is 6.01. The van der Waals surface area contributed by atoms with E-state index in [2.05, 4.69) is 0 Å². The molecule has 0 aromatic heterocycles. The number of hydrogen-bond acceptors (Lipinski definition) is 6. The Morgan fingerprint density at radius 3 is 2.35 bits per heavy atom. The van der Waals surface area contributed by atoms with Crippen molar-refractivity contribution >= 4 is 6.08 Å². The monoisotopic (exact) mass is 282 g/mol. The second-order valence-electron chi connectivity index (χ2n) is 4.76. The minimum Gasteiger partial charge on any atom is -0.394 e. The molecule has 0 unspecified atom stereocenters. The Bertz CT molecular complexity index is 460. The average molecular weight is 282 g/mol. The van der Waals surface area contributed by atoms with Gasteiger partial charge in [0, 0.05) is 0 Å². The zero-order valence-electron chi connectivity index (χ0n) is 10.7. The molecule has 5 atom stereocenters. The number of aliphatic hydroxyl groups excluding tert-OH is 4. The molecule has 1 fully saturated rings. The Labute approximate surface area is 116 Å². The van der Waals surface area contributed by atoms with Crippen LogP contribution in [0.3, 0.4) is 0 Å². The topological polar surface area (TPSA) is 110 Å². The molecule has 0 saturated carbocycles. The molecule has 6 heteroatoms. The van der Waals surface area contributed by atoms with Crippen LogP contribution in [0.25, 0.3) is 6.08 Å². The van der Waals surface area contributed by atoms with Crippen LogP contribution in [0.1, 0.15) is 5.56 Å². The molecule has 1 aromatic carbocycles. The van der Waals surface area contributed by atoms with Gasteiger partial charge in [-0.2, -0.15) is 0 Å². The van der Waals surface area contributed by atoms with Crippen LogP contribution in [-0.4, -0.2) is 62.3 Å². The fourth-order valence-corrected chi connectivity index (χ4v) is 2.10. The van der Waals surface area contributed by atoms with Crippen molar-refractivity contribution in [3.63, 3.8) is 0 Å². The van der Waals surface area contributed by atoms with Crippen LogP contribution in [0.5, 0.6) is 0 Å². The smallest absolute Gasteiger partial charge is 0.215 e. The molecule has 110 valence electrons. The molecule has 0 bridgehead atoms. The Morgan fingerprint density at radius 2 is 1.75 bits per heavy atom. The predicted molar refractivity (Wildman–Crippen MR) is 70.4 cm³/mol. The largest absolute Gasteiger partial charge is 0.394 e. The summed E-state index contributed by atoms with van der Waals surface area (Å²) in [6.07, 6.45) is -3.29. The summed E-state index contributed by atoms with van der Waals surface area (Å²) in [5, 5.41) is 48.5. The summed E-state index contributed by atoms with van der Waals surface area (Å²) < 4.78 is 5.10. The lowest BCUT2D eigenvalue weighted by Crippen LogP contribution is -2.64. The summed E-state index contributed by atoms with van der Waals surface area (Å²) in [6.45, 7) is -0.591. The Morgan fingerprint density at radius 1 is 1.10 bits per heavy atom. The SMILES string of the molecule is OC[C@H]1O[C@](O)(C=Cc2ccccc2)[C@H](O)[C@@H](O)[C@@H]1O. The molecular weight excluding hydrogens is 264 g/mol. The second-order valence-corrected chi connectivity index (χ2v) is 4.76. The highest BCUT2D eigenvalue weighted by atomic mass is 16.7. The minimum absolute atomic E-state index is 0.591. The van der Waals surface area contributed by atoms with Gasteiger partial charge in [-0.1, -0.05) is 36.4 Å². The van der Waals surface area contributed by atoms with Crippen molar-refractivity contribution in [2.24, 2.45) is 0 Å². The van der Waals surface area contributed by atoms with Crippen molar-refractivity contribution in [2.75, 3.05) is 6.61 Å². The van der Waals surface area contributed by atoms with Gasteiger partial charge in [-0.3, -0.25) is 0 Å². The Kier molecular flexibility index (Phi) is 4.54. The van der Waals surface area contributed by atoms with Gasteiger partial charge >= 0.3 is 0 Å². The van der Waals surface area contributed by atoms with E-state index in [-0.39, 0.29) is 0 Å². The highest BCUT2D eigenvalue weighted by molar-refractivity contribution is 5.50. The lowest BCUT2D eigenvalue weighted by molar-refractivity contribution is -0.326. The van der Waals surface area contributed by atoms with E-state index in [9.17, 15) is 20.4 Å². The van der Waals surface area contributed by atoms with Crippen LogP contribution in [-0.2, 0) is 4.74 Å². The summed E-state index contributed by atoms with van der Waals surface area (Å²) in [5.74, 6) is -2.18. The van der Waals surface area contributed by atoms with Crippen LogP contribution in [0.15, 0.2) is 36.4 Å². The molecule has 0 radical (unpaired) electrons. The number of hydrogen-bond donors (Lipinski definition) is 5. The molecule has 1 saturated heterocycles.